The molecule has 2 aromatic carbocycles. The molecule has 30 heavy (non-hydrogen) atoms. The highest BCUT2D eigenvalue weighted by Crippen LogP contribution is 2.45. The predicted octanol–water partition coefficient (Wildman–Crippen LogP) is 4.92. The molecule has 1 atom stereocenters. The number of allylic oxidation sites excluding steroid dienone is 1. The molecular weight excluding hydrogens is 380 g/mol. The molecule has 0 spiro atoms. The van der Waals surface area contributed by atoms with Crippen molar-refractivity contribution < 1.29 is 19.0 Å². The second-order valence-corrected chi connectivity index (χ2v) is 7.81. The molecule has 2 N–H and O–H groups in total. The van der Waals surface area contributed by atoms with E-state index in [1.54, 1.807) is 21.3 Å². The van der Waals surface area contributed by atoms with Crippen LogP contribution in [0.4, 0.5) is 11.4 Å². The number of rotatable bonds is 4. The summed E-state index contributed by atoms with van der Waals surface area (Å²) in [5.74, 6) is 1.83. The molecule has 158 valence electrons. The largest absolute Gasteiger partial charge is 0.493 e. The van der Waals surface area contributed by atoms with Crippen LogP contribution in [-0.2, 0) is 4.79 Å². The van der Waals surface area contributed by atoms with Crippen LogP contribution in [0.15, 0.2) is 35.5 Å². The number of carbonyl (C=O) groups is 1. The van der Waals surface area contributed by atoms with Crippen molar-refractivity contribution in [1.29, 1.82) is 0 Å². The summed E-state index contributed by atoms with van der Waals surface area (Å²) >= 11 is 0. The van der Waals surface area contributed by atoms with Crippen molar-refractivity contribution in [3.63, 3.8) is 0 Å². The molecule has 1 aliphatic carbocycles. The molecule has 0 saturated carbocycles. The Balaban J connectivity index is 1.92. The number of Topliss-reactive ketones (excluding diaryl/α,β-unsaturated/α-hetero) is 1. The first kappa shape index (κ1) is 20.1. The zero-order chi connectivity index (χ0) is 21.4. The van der Waals surface area contributed by atoms with E-state index in [2.05, 4.69) is 36.6 Å². The van der Waals surface area contributed by atoms with E-state index in [-0.39, 0.29) is 11.8 Å². The molecule has 2 aliphatic rings. The van der Waals surface area contributed by atoms with Gasteiger partial charge in [-0.05, 0) is 67.6 Å². The number of ketones is 1. The zero-order valence-corrected chi connectivity index (χ0v) is 18.1. The van der Waals surface area contributed by atoms with Crippen molar-refractivity contribution in [2.45, 2.75) is 39.2 Å². The Labute approximate surface area is 177 Å². The van der Waals surface area contributed by atoms with E-state index >= 15 is 0 Å². The number of anilines is 2. The smallest absolute Gasteiger partial charge is 0.203 e. The van der Waals surface area contributed by atoms with Crippen molar-refractivity contribution in [3.8, 4) is 17.2 Å². The Hall–Kier alpha value is -3.15. The van der Waals surface area contributed by atoms with E-state index in [4.69, 9.17) is 14.2 Å². The number of ether oxygens (including phenoxy) is 3. The zero-order valence-electron chi connectivity index (χ0n) is 18.1. The van der Waals surface area contributed by atoms with E-state index in [1.807, 2.05) is 12.1 Å². The minimum absolute atomic E-state index is 0.163. The highest BCUT2D eigenvalue weighted by molar-refractivity contribution is 6.00. The first-order valence-electron chi connectivity index (χ1n) is 10.2. The third-order valence-corrected chi connectivity index (χ3v) is 5.98. The van der Waals surface area contributed by atoms with Crippen LogP contribution in [0.3, 0.4) is 0 Å². The standard InChI is InChI=1S/C24H28N2O4/c1-13-9-17-18(10-14(13)2)26-23(22-16(25-17)7-6-8-19(22)27)15-11-20(28-3)24(30-5)21(12-15)29-4/h9-12,23,25-26H,6-8H2,1-5H3/t23-/m1/s1. The van der Waals surface area contributed by atoms with Gasteiger partial charge in [-0.1, -0.05) is 0 Å². The molecule has 0 fully saturated rings. The number of aryl methyl sites for hydroxylation is 2. The fourth-order valence-electron chi connectivity index (χ4n) is 4.28. The molecule has 6 nitrogen and oxygen atoms in total. The van der Waals surface area contributed by atoms with Gasteiger partial charge in [-0.3, -0.25) is 4.79 Å². The SMILES string of the molecule is COc1cc([C@H]2Nc3cc(C)c(C)cc3NC3=C2C(=O)CCC3)cc(OC)c1OC. The maximum atomic E-state index is 13.1. The third-order valence-electron chi connectivity index (χ3n) is 5.98. The van der Waals surface area contributed by atoms with E-state index in [0.717, 1.165) is 41.1 Å². The number of carbonyl (C=O) groups excluding carboxylic acids is 1. The summed E-state index contributed by atoms with van der Waals surface area (Å²) in [4.78, 5) is 13.1. The highest BCUT2D eigenvalue weighted by Gasteiger charge is 2.33. The summed E-state index contributed by atoms with van der Waals surface area (Å²) in [5.41, 5.74) is 7.02. The molecule has 0 amide bonds. The number of methoxy groups -OCH3 is 3. The van der Waals surface area contributed by atoms with Crippen molar-refractivity contribution in [2.24, 2.45) is 0 Å². The predicted molar refractivity (Wildman–Crippen MR) is 118 cm³/mol. The van der Waals surface area contributed by atoms with Gasteiger partial charge in [-0.2, -0.15) is 0 Å². The summed E-state index contributed by atoms with van der Waals surface area (Å²) in [6.07, 6.45) is 2.25. The number of nitrogens with one attached hydrogen (secondary N) is 2. The number of hydrogen-bond acceptors (Lipinski definition) is 6. The molecule has 0 unspecified atom stereocenters. The lowest BCUT2D eigenvalue weighted by molar-refractivity contribution is -0.116. The van der Waals surface area contributed by atoms with Crippen LogP contribution >= 0.6 is 0 Å². The van der Waals surface area contributed by atoms with Crippen LogP contribution in [-0.4, -0.2) is 27.1 Å². The molecule has 0 bridgehead atoms. The van der Waals surface area contributed by atoms with Crippen molar-refractivity contribution in [1.82, 2.24) is 0 Å². The number of hydrogen-bond donors (Lipinski definition) is 2. The van der Waals surface area contributed by atoms with E-state index in [9.17, 15) is 4.79 Å². The normalized spacial score (nSPS) is 17.9. The van der Waals surface area contributed by atoms with Crippen LogP contribution in [0, 0.1) is 13.8 Å². The van der Waals surface area contributed by atoms with Gasteiger partial charge in [0.15, 0.2) is 17.3 Å². The molecule has 0 aromatic heterocycles. The van der Waals surface area contributed by atoms with Gasteiger partial charge in [-0.15, -0.1) is 0 Å². The average molecular weight is 408 g/mol. The molecule has 1 aliphatic heterocycles. The first-order chi connectivity index (χ1) is 14.5. The van der Waals surface area contributed by atoms with Gasteiger partial charge in [0.2, 0.25) is 5.75 Å². The highest BCUT2D eigenvalue weighted by atomic mass is 16.5. The van der Waals surface area contributed by atoms with E-state index < -0.39 is 0 Å². The summed E-state index contributed by atoms with van der Waals surface area (Å²) in [6, 6.07) is 7.77. The molecule has 2 aromatic rings. The van der Waals surface area contributed by atoms with Crippen LogP contribution in [0.2, 0.25) is 0 Å². The maximum Gasteiger partial charge on any atom is 0.203 e. The van der Waals surface area contributed by atoms with Crippen LogP contribution < -0.4 is 24.8 Å². The molecule has 4 rings (SSSR count). The van der Waals surface area contributed by atoms with Gasteiger partial charge in [0.25, 0.3) is 0 Å². The Kier molecular flexibility index (Phi) is 5.33. The van der Waals surface area contributed by atoms with E-state index in [1.165, 1.54) is 11.1 Å². The summed E-state index contributed by atoms with van der Waals surface area (Å²) in [5, 5.41) is 7.17. The van der Waals surface area contributed by atoms with Gasteiger partial charge in [0.05, 0.1) is 38.7 Å². The Morgan fingerprint density at radius 3 is 2.10 bits per heavy atom. The fraction of sp³-hybridized carbons (Fsp3) is 0.375. The average Bonchev–Trinajstić information content (AvgIpc) is 2.90. The van der Waals surface area contributed by atoms with Gasteiger partial charge >= 0.3 is 0 Å². The quantitative estimate of drug-likeness (QED) is 0.749. The monoisotopic (exact) mass is 408 g/mol. The van der Waals surface area contributed by atoms with Crippen LogP contribution in [0.25, 0.3) is 0 Å². The number of benzene rings is 2. The lowest BCUT2D eigenvalue weighted by Gasteiger charge is -2.26. The van der Waals surface area contributed by atoms with Gasteiger partial charge < -0.3 is 24.8 Å². The van der Waals surface area contributed by atoms with E-state index in [0.29, 0.717) is 23.7 Å². The second-order valence-electron chi connectivity index (χ2n) is 7.81. The van der Waals surface area contributed by atoms with Crippen molar-refractivity contribution >= 4 is 17.2 Å². The Bertz CT molecular complexity index is 1020. The lowest BCUT2D eigenvalue weighted by atomic mass is 9.86. The Morgan fingerprint density at radius 1 is 0.867 bits per heavy atom. The first-order valence-corrected chi connectivity index (χ1v) is 10.2. The van der Waals surface area contributed by atoms with Crippen molar-refractivity contribution in [3.05, 3.63) is 52.2 Å². The minimum Gasteiger partial charge on any atom is -0.493 e. The fourth-order valence-corrected chi connectivity index (χ4v) is 4.28. The van der Waals surface area contributed by atoms with Crippen molar-refractivity contribution in [2.75, 3.05) is 32.0 Å². The summed E-state index contributed by atoms with van der Waals surface area (Å²) in [6.45, 7) is 4.19. The van der Waals surface area contributed by atoms with Gasteiger partial charge in [0, 0.05) is 17.7 Å². The second kappa shape index (κ2) is 7.94. The topological polar surface area (TPSA) is 68.8 Å². The van der Waals surface area contributed by atoms with Crippen LogP contribution in [0.5, 0.6) is 17.2 Å². The molecule has 6 heteroatoms. The minimum atomic E-state index is -0.322. The maximum absolute atomic E-state index is 13.1. The van der Waals surface area contributed by atoms with Gasteiger partial charge in [0.1, 0.15) is 0 Å². The molecule has 0 radical (unpaired) electrons. The number of fused-ring (bicyclic) bond motifs is 1. The summed E-state index contributed by atoms with van der Waals surface area (Å²) in [7, 11) is 4.78. The third kappa shape index (κ3) is 3.36. The molecule has 0 saturated heterocycles. The Morgan fingerprint density at radius 2 is 1.50 bits per heavy atom. The molecule has 1 heterocycles. The lowest BCUT2D eigenvalue weighted by Crippen LogP contribution is -2.23. The molecular formula is C24H28N2O4. The summed E-state index contributed by atoms with van der Waals surface area (Å²) < 4.78 is 16.6. The van der Waals surface area contributed by atoms with Crippen LogP contribution in [0.1, 0.15) is 42.0 Å². The van der Waals surface area contributed by atoms with Gasteiger partial charge in [-0.25, -0.2) is 0 Å².